The van der Waals surface area contributed by atoms with Crippen molar-refractivity contribution in [2.24, 2.45) is 4.99 Å². The molecule has 0 aromatic rings. The van der Waals surface area contributed by atoms with Gasteiger partial charge in [0.25, 0.3) is 0 Å². The fourth-order valence-electron chi connectivity index (χ4n) is 3.11. The van der Waals surface area contributed by atoms with Crippen LogP contribution in [0, 0.1) is 0 Å². The topological polar surface area (TPSA) is 82.1 Å². The molecule has 7 nitrogen and oxygen atoms in total. The lowest BCUT2D eigenvalue weighted by molar-refractivity contribution is -0.145. The molecule has 0 radical (unpaired) electrons. The van der Waals surface area contributed by atoms with Gasteiger partial charge in [0.2, 0.25) is 5.91 Å². The number of carbonyl (C=O) groups is 1. The number of hydrogen-bond acceptors (Lipinski definition) is 4. The number of rotatable bonds is 5. The van der Waals surface area contributed by atoms with Crippen molar-refractivity contribution in [1.82, 2.24) is 15.1 Å². The van der Waals surface area contributed by atoms with Gasteiger partial charge in [0, 0.05) is 31.9 Å². The average molecular weight is 474 g/mol. The van der Waals surface area contributed by atoms with Crippen LogP contribution in [0.15, 0.2) is 4.99 Å². The molecule has 0 aliphatic carbocycles. The molecule has 1 aliphatic rings. The van der Waals surface area contributed by atoms with Gasteiger partial charge in [0.05, 0.1) is 17.8 Å². The van der Waals surface area contributed by atoms with Crippen LogP contribution >= 0.6 is 24.0 Å². The van der Waals surface area contributed by atoms with Crippen LogP contribution in [0.3, 0.4) is 0 Å². The number of amides is 1. The number of piperazine rings is 1. The van der Waals surface area contributed by atoms with Gasteiger partial charge in [-0.25, -0.2) is 8.42 Å². The van der Waals surface area contributed by atoms with Crippen molar-refractivity contribution in [2.75, 3.05) is 38.2 Å². The van der Waals surface area contributed by atoms with E-state index in [-0.39, 0.29) is 59.5 Å². The van der Waals surface area contributed by atoms with E-state index in [4.69, 9.17) is 0 Å². The highest BCUT2D eigenvalue weighted by Gasteiger charge is 2.40. The zero-order chi connectivity index (χ0) is 17.8. The molecule has 9 heteroatoms. The van der Waals surface area contributed by atoms with Crippen molar-refractivity contribution in [3.05, 3.63) is 0 Å². The second kappa shape index (κ2) is 9.21. The van der Waals surface area contributed by atoms with Crippen molar-refractivity contribution in [1.29, 1.82) is 0 Å². The molecule has 1 saturated heterocycles. The first-order valence-electron chi connectivity index (χ1n) is 8.02. The van der Waals surface area contributed by atoms with Crippen molar-refractivity contribution in [3.8, 4) is 0 Å². The summed E-state index contributed by atoms with van der Waals surface area (Å²) in [5, 5.41) is 3.06. The summed E-state index contributed by atoms with van der Waals surface area (Å²) in [6.07, 6.45) is 0. The van der Waals surface area contributed by atoms with Crippen LogP contribution < -0.4 is 5.32 Å². The van der Waals surface area contributed by atoms with Gasteiger partial charge >= 0.3 is 0 Å². The van der Waals surface area contributed by atoms with Crippen molar-refractivity contribution in [3.63, 3.8) is 0 Å². The number of guanidine groups is 1. The molecule has 0 aromatic carbocycles. The number of nitrogens with zero attached hydrogens (tertiary/aromatic N) is 3. The molecule has 0 saturated carbocycles. The summed E-state index contributed by atoms with van der Waals surface area (Å²) in [5.74, 6) is 0.819. The SMILES string of the molecule is CCS(=O)(=O)CCNC(=NC)N1CC(=O)N(C(C)C)C(C)(C)C1.I. The van der Waals surface area contributed by atoms with Gasteiger partial charge in [-0.05, 0) is 27.7 Å². The van der Waals surface area contributed by atoms with E-state index in [0.717, 1.165) is 0 Å². The minimum Gasteiger partial charge on any atom is -0.355 e. The van der Waals surface area contributed by atoms with E-state index < -0.39 is 9.84 Å². The maximum atomic E-state index is 12.5. The highest BCUT2D eigenvalue weighted by atomic mass is 127. The molecule has 1 aliphatic heterocycles. The fourth-order valence-corrected chi connectivity index (χ4v) is 3.81. The lowest BCUT2D eigenvalue weighted by atomic mass is 9.96. The zero-order valence-electron chi connectivity index (χ0n) is 15.5. The molecule has 1 fully saturated rings. The van der Waals surface area contributed by atoms with Crippen LogP contribution in [0.2, 0.25) is 0 Å². The Morgan fingerprint density at radius 3 is 2.38 bits per heavy atom. The smallest absolute Gasteiger partial charge is 0.242 e. The molecule has 0 spiro atoms. The Morgan fingerprint density at radius 2 is 1.96 bits per heavy atom. The Kier molecular flexibility index (Phi) is 8.99. The molecule has 0 unspecified atom stereocenters. The van der Waals surface area contributed by atoms with Crippen LogP contribution in [0.5, 0.6) is 0 Å². The molecule has 0 atom stereocenters. The zero-order valence-corrected chi connectivity index (χ0v) is 18.6. The molecular weight excluding hydrogens is 443 g/mol. The van der Waals surface area contributed by atoms with E-state index in [2.05, 4.69) is 10.3 Å². The Hall–Kier alpha value is -0.580. The molecule has 1 N–H and O–H groups in total. The minimum absolute atomic E-state index is 0. The predicted octanol–water partition coefficient (Wildman–Crippen LogP) is 0.946. The van der Waals surface area contributed by atoms with Gasteiger partial charge in [-0.3, -0.25) is 9.79 Å². The monoisotopic (exact) mass is 474 g/mol. The van der Waals surface area contributed by atoms with Crippen LogP contribution in [0.25, 0.3) is 0 Å². The number of sulfone groups is 1. The largest absolute Gasteiger partial charge is 0.355 e. The molecule has 1 heterocycles. The maximum Gasteiger partial charge on any atom is 0.242 e. The third-order valence-electron chi connectivity index (χ3n) is 3.99. The summed E-state index contributed by atoms with van der Waals surface area (Å²) in [7, 11) is -1.38. The quantitative estimate of drug-likeness (QED) is 0.365. The van der Waals surface area contributed by atoms with Crippen LogP contribution in [-0.4, -0.2) is 79.9 Å². The molecular formula is C15H31IN4O3S. The summed E-state index contributed by atoms with van der Waals surface area (Å²) in [5.41, 5.74) is -0.309. The van der Waals surface area contributed by atoms with Crippen LogP contribution in [-0.2, 0) is 14.6 Å². The van der Waals surface area contributed by atoms with Gasteiger partial charge < -0.3 is 15.1 Å². The molecule has 142 valence electrons. The van der Waals surface area contributed by atoms with E-state index >= 15 is 0 Å². The van der Waals surface area contributed by atoms with E-state index in [0.29, 0.717) is 19.0 Å². The molecule has 1 rings (SSSR count). The summed E-state index contributed by atoms with van der Waals surface area (Å²) < 4.78 is 23.1. The highest BCUT2D eigenvalue weighted by Crippen LogP contribution is 2.24. The van der Waals surface area contributed by atoms with Gasteiger partial charge in [0.1, 0.15) is 0 Å². The maximum absolute atomic E-state index is 12.5. The Bertz CT molecular complexity index is 561. The average Bonchev–Trinajstić information content (AvgIpc) is 2.41. The normalized spacial score (nSPS) is 18.6. The summed E-state index contributed by atoms with van der Waals surface area (Å²) in [6.45, 7) is 10.9. The highest BCUT2D eigenvalue weighted by molar-refractivity contribution is 14.0. The minimum atomic E-state index is -3.02. The Morgan fingerprint density at radius 1 is 1.38 bits per heavy atom. The van der Waals surface area contributed by atoms with Crippen molar-refractivity contribution in [2.45, 2.75) is 46.2 Å². The fraction of sp³-hybridized carbons (Fsp3) is 0.867. The molecule has 0 aromatic heterocycles. The number of hydrogen-bond donors (Lipinski definition) is 1. The van der Waals surface area contributed by atoms with Gasteiger partial charge in [-0.2, -0.15) is 0 Å². The number of halogens is 1. The first kappa shape index (κ1) is 23.4. The number of carbonyl (C=O) groups excluding carboxylic acids is 1. The summed E-state index contributed by atoms with van der Waals surface area (Å²) >= 11 is 0. The molecule has 0 bridgehead atoms. The Balaban J connectivity index is 0.00000529. The number of nitrogens with one attached hydrogen (secondary N) is 1. The van der Waals surface area contributed by atoms with E-state index in [1.54, 1.807) is 14.0 Å². The van der Waals surface area contributed by atoms with Crippen molar-refractivity contribution >= 4 is 45.7 Å². The number of aliphatic imine (C=N–C) groups is 1. The second-order valence-corrected chi connectivity index (χ2v) is 9.21. The Labute approximate surface area is 163 Å². The van der Waals surface area contributed by atoms with Crippen LogP contribution in [0.1, 0.15) is 34.6 Å². The van der Waals surface area contributed by atoms with Crippen LogP contribution in [0.4, 0.5) is 0 Å². The van der Waals surface area contributed by atoms with E-state index in [9.17, 15) is 13.2 Å². The first-order valence-corrected chi connectivity index (χ1v) is 9.84. The second-order valence-electron chi connectivity index (χ2n) is 6.74. The van der Waals surface area contributed by atoms with Crippen molar-refractivity contribution < 1.29 is 13.2 Å². The lowest BCUT2D eigenvalue weighted by Crippen LogP contribution is -2.66. The lowest BCUT2D eigenvalue weighted by Gasteiger charge is -2.49. The first-order chi connectivity index (χ1) is 10.5. The van der Waals surface area contributed by atoms with E-state index in [1.807, 2.05) is 37.5 Å². The summed E-state index contributed by atoms with van der Waals surface area (Å²) in [6, 6.07) is 0.143. The van der Waals surface area contributed by atoms with E-state index in [1.165, 1.54) is 0 Å². The standard InChI is InChI=1S/C15H30N4O3S.HI/c1-7-23(21,22)9-8-17-14(16-6)18-10-13(20)19(12(2)3)15(4,5)11-18;/h12H,7-11H2,1-6H3,(H,16,17);1H. The third kappa shape index (κ3) is 6.05. The van der Waals surface area contributed by atoms with Gasteiger partial charge in [0.15, 0.2) is 15.8 Å². The summed E-state index contributed by atoms with van der Waals surface area (Å²) in [4.78, 5) is 20.4. The molecule has 24 heavy (non-hydrogen) atoms. The van der Waals surface area contributed by atoms with Gasteiger partial charge in [-0.15, -0.1) is 24.0 Å². The third-order valence-corrected chi connectivity index (χ3v) is 5.69. The predicted molar refractivity (Wildman–Crippen MR) is 109 cm³/mol. The van der Waals surface area contributed by atoms with Gasteiger partial charge in [-0.1, -0.05) is 6.92 Å². The molecule has 1 amide bonds.